The van der Waals surface area contributed by atoms with Gasteiger partial charge < -0.3 is 14.1 Å². The zero-order valence-corrected chi connectivity index (χ0v) is 18.3. The maximum absolute atomic E-state index is 13.0. The molecule has 4 rings (SSSR count). The summed E-state index contributed by atoms with van der Waals surface area (Å²) >= 11 is 6.12. The molecule has 9 heteroatoms. The van der Waals surface area contributed by atoms with Crippen molar-refractivity contribution in [3.05, 3.63) is 64.9 Å². The molecule has 31 heavy (non-hydrogen) atoms. The van der Waals surface area contributed by atoms with Gasteiger partial charge >= 0.3 is 5.97 Å². The zero-order chi connectivity index (χ0) is 22.2. The number of furan rings is 1. The lowest BCUT2D eigenvalue weighted by Crippen LogP contribution is -2.43. The third kappa shape index (κ3) is 4.31. The number of rotatable bonds is 5. The van der Waals surface area contributed by atoms with E-state index in [0.29, 0.717) is 33.7 Å². The fourth-order valence-electron chi connectivity index (χ4n) is 3.79. The minimum Gasteiger partial charge on any atom is -0.450 e. The first-order chi connectivity index (χ1) is 14.8. The average molecular weight is 462 g/mol. The van der Waals surface area contributed by atoms with Crippen LogP contribution in [-0.2, 0) is 19.4 Å². The molecule has 2 aromatic carbocycles. The normalized spacial score (nSPS) is 17.5. The van der Waals surface area contributed by atoms with Crippen molar-refractivity contribution in [3.8, 4) is 0 Å². The standard InChI is InChI=1S/C22H20ClNO6S/c1-14-17-8-5-9-18(23)21(17)30-20(14)22(26)29-12-19(25)24(15-6-3-2-4-7-15)16-10-11-31(27,28)13-16/h2-9,16H,10-13H2,1H3. The lowest BCUT2D eigenvalue weighted by atomic mass is 10.1. The molecule has 1 atom stereocenters. The third-order valence-corrected chi connectivity index (χ3v) is 7.35. The largest absolute Gasteiger partial charge is 0.450 e. The van der Waals surface area contributed by atoms with Crippen molar-refractivity contribution in [2.45, 2.75) is 19.4 Å². The molecule has 1 amide bonds. The molecule has 1 saturated heterocycles. The number of carbonyl (C=O) groups is 2. The Balaban J connectivity index is 1.54. The van der Waals surface area contributed by atoms with Gasteiger partial charge in [0.05, 0.1) is 22.6 Å². The van der Waals surface area contributed by atoms with E-state index in [4.69, 9.17) is 20.8 Å². The van der Waals surface area contributed by atoms with Crippen LogP contribution >= 0.6 is 11.6 Å². The molecule has 0 radical (unpaired) electrons. The predicted octanol–water partition coefficient (Wildman–Crippen LogP) is 3.77. The summed E-state index contributed by atoms with van der Waals surface area (Å²) in [5.74, 6) is -1.42. The molecule has 0 aliphatic carbocycles. The lowest BCUT2D eigenvalue weighted by Gasteiger charge is -2.28. The topological polar surface area (TPSA) is 93.9 Å². The Hall–Kier alpha value is -2.84. The second kappa shape index (κ2) is 8.36. The summed E-state index contributed by atoms with van der Waals surface area (Å²) in [6.45, 7) is 1.16. The predicted molar refractivity (Wildman–Crippen MR) is 117 cm³/mol. The Bertz CT molecular complexity index is 1250. The SMILES string of the molecule is Cc1c(C(=O)OCC(=O)N(c2ccccc2)C2CCS(=O)(=O)C2)oc2c(Cl)cccc12. The summed E-state index contributed by atoms with van der Waals surface area (Å²) in [4.78, 5) is 27.0. The van der Waals surface area contributed by atoms with Crippen molar-refractivity contribution >= 4 is 50.0 Å². The summed E-state index contributed by atoms with van der Waals surface area (Å²) in [5.41, 5.74) is 1.50. The van der Waals surface area contributed by atoms with Crippen LogP contribution in [-0.4, -0.2) is 44.4 Å². The second-order valence-electron chi connectivity index (χ2n) is 7.40. The molecule has 2 heterocycles. The van der Waals surface area contributed by atoms with Gasteiger partial charge in [-0.2, -0.15) is 0 Å². The van der Waals surface area contributed by atoms with E-state index in [1.807, 2.05) is 0 Å². The maximum Gasteiger partial charge on any atom is 0.375 e. The van der Waals surface area contributed by atoms with Gasteiger partial charge in [0.1, 0.15) is 0 Å². The highest BCUT2D eigenvalue weighted by molar-refractivity contribution is 7.91. The van der Waals surface area contributed by atoms with Crippen molar-refractivity contribution in [2.75, 3.05) is 23.0 Å². The van der Waals surface area contributed by atoms with Crippen molar-refractivity contribution < 1.29 is 27.2 Å². The second-order valence-corrected chi connectivity index (χ2v) is 10.0. The van der Waals surface area contributed by atoms with Gasteiger partial charge in [0.2, 0.25) is 5.76 Å². The molecule has 0 N–H and O–H groups in total. The maximum atomic E-state index is 13.0. The van der Waals surface area contributed by atoms with Crippen LogP contribution in [0, 0.1) is 6.92 Å². The van der Waals surface area contributed by atoms with Gasteiger partial charge in [-0.3, -0.25) is 4.79 Å². The number of para-hydroxylation sites is 2. The number of ether oxygens (including phenoxy) is 1. The molecule has 7 nitrogen and oxygen atoms in total. The molecule has 3 aromatic rings. The van der Waals surface area contributed by atoms with Gasteiger partial charge in [-0.25, -0.2) is 13.2 Å². The number of amides is 1. The van der Waals surface area contributed by atoms with E-state index in [1.165, 1.54) is 4.90 Å². The monoisotopic (exact) mass is 461 g/mol. The number of aryl methyl sites for hydroxylation is 1. The minimum atomic E-state index is -3.21. The Morgan fingerprint density at radius 2 is 1.90 bits per heavy atom. The smallest absolute Gasteiger partial charge is 0.375 e. The van der Waals surface area contributed by atoms with E-state index in [2.05, 4.69) is 0 Å². The number of sulfone groups is 1. The van der Waals surface area contributed by atoms with Crippen LogP contribution in [0.2, 0.25) is 5.02 Å². The quantitative estimate of drug-likeness (QED) is 0.537. The third-order valence-electron chi connectivity index (χ3n) is 5.30. The highest BCUT2D eigenvalue weighted by Crippen LogP contribution is 2.31. The Labute approximate surface area is 184 Å². The first-order valence-corrected chi connectivity index (χ1v) is 11.9. The van der Waals surface area contributed by atoms with Gasteiger partial charge in [0.15, 0.2) is 22.0 Å². The highest BCUT2D eigenvalue weighted by atomic mass is 35.5. The Morgan fingerprint density at radius 3 is 2.55 bits per heavy atom. The molecule has 1 aliphatic heterocycles. The van der Waals surface area contributed by atoms with Crippen LogP contribution in [0.5, 0.6) is 0 Å². The van der Waals surface area contributed by atoms with Crippen molar-refractivity contribution in [2.24, 2.45) is 0 Å². The minimum absolute atomic E-state index is 0.0208. The number of nitrogens with zero attached hydrogens (tertiary/aromatic N) is 1. The fraction of sp³-hybridized carbons (Fsp3) is 0.273. The van der Waals surface area contributed by atoms with Crippen LogP contribution in [0.15, 0.2) is 52.9 Å². The summed E-state index contributed by atoms with van der Waals surface area (Å²) in [6.07, 6.45) is 0.331. The highest BCUT2D eigenvalue weighted by Gasteiger charge is 2.36. The zero-order valence-electron chi connectivity index (χ0n) is 16.7. The van der Waals surface area contributed by atoms with E-state index in [-0.39, 0.29) is 17.3 Å². The number of benzene rings is 2. The Kier molecular flexibility index (Phi) is 5.77. The van der Waals surface area contributed by atoms with Crippen LogP contribution in [0.1, 0.15) is 22.5 Å². The fourth-order valence-corrected chi connectivity index (χ4v) is 5.70. The van der Waals surface area contributed by atoms with Crippen LogP contribution in [0.3, 0.4) is 0 Å². The van der Waals surface area contributed by atoms with E-state index in [9.17, 15) is 18.0 Å². The lowest BCUT2D eigenvalue weighted by molar-refractivity contribution is -0.122. The number of halogens is 1. The number of fused-ring (bicyclic) bond motifs is 1. The van der Waals surface area contributed by atoms with E-state index in [1.54, 1.807) is 55.5 Å². The Morgan fingerprint density at radius 1 is 1.16 bits per heavy atom. The summed E-state index contributed by atoms with van der Waals surface area (Å²) < 4.78 is 34.7. The molecule has 162 valence electrons. The summed E-state index contributed by atoms with van der Waals surface area (Å²) in [5, 5.41) is 1.06. The number of hydrogen-bond donors (Lipinski definition) is 0. The van der Waals surface area contributed by atoms with Gasteiger partial charge in [0, 0.05) is 16.6 Å². The van der Waals surface area contributed by atoms with Crippen molar-refractivity contribution in [3.63, 3.8) is 0 Å². The van der Waals surface area contributed by atoms with Gasteiger partial charge in [-0.15, -0.1) is 0 Å². The first-order valence-electron chi connectivity index (χ1n) is 9.69. The molecule has 1 unspecified atom stereocenters. The molecule has 0 bridgehead atoms. The first kappa shape index (κ1) is 21.4. The van der Waals surface area contributed by atoms with Gasteiger partial charge in [-0.1, -0.05) is 41.9 Å². The van der Waals surface area contributed by atoms with Crippen LogP contribution < -0.4 is 4.90 Å². The number of anilines is 1. The number of carbonyl (C=O) groups excluding carboxylic acids is 2. The molecule has 1 fully saturated rings. The average Bonchev–Trinajstić information content (AvgIpc) is 3.27. The molecular weight excluding hydrogens is 442 g/mol. The van der Waals surface area contributed by atoms with E-state index < -0.39 is 34.4 Å². The van der Waals surface area contributed by atoms with Gasteiger partial charge in [0.25, 0.3) is 5.91 Å². The van der Waals surface area contributed by atoms with Gasteiger partial charge in [-0.05, 0) is 31.5 Å². The van der Waals surface area contributed by atoms with Crippen LogP contribution in [0.4, 0.5) is 5.69 Å². The molecule has 1 aromatic heterocycles. The van der Waals surface area contributed by atoms with E-state index in [0.717, 1.165) is 0 Å². The molecular formula is C22H20ClNO6S. The summed E-state index contributed by atoms with van der Waals surface area (Å²) in [7, 11) is -3.21. The van der Waals surface area contributed by atoms with Crippen molar-refractivity contribution in [1.82, 2.24) is 0 Å². The van der Waals surface area contributed by atoms with Crippen LogP contribution in [0.25, 0.3) is 11.0 Å². The number of hydrogen-bond acceptors (Lipinski definition) is 6. The molecule has 0 saturated carbocycles. The van der Waals surface area contributed by atoms with E-state index >= 15 is 0 Å². The molecule has 0 spiro atoms. The summed E-state index contributed by atoms with van der Waals surface area (Å²) in [6, 6.07) is 13.4. The molecule has 1 aliphatic rings. The number of esters is 1. The van der Waals surface area contributed by atoms with Crippen molar-refractivity contribution in [1.29, 1.82) is 0 Å².